The van der Waals surface area contributed by atoms with Gasteiger partial charge < -0.3 is 10.1 Å². The topological polar surface area (TPSA) is 75.7 Å². The van der Waals surface area contributed by atoms with Gasteiger partial charge in [-0.3, -0.25) is 4.79 Å². The van der Waals surface area contributed by atoms with Crippen LogP contribution in [0.2, 0.25) is 5.02 Å². The fourth-order valence-electron chi connectivity index (χ4n) is 2.79. The molecule has 1 aliphatic heterocycles. The van der Waals surface area contributed by atoms with Crippen LogP contribution in [-0.2, 0) is 14.8 Å². The number of sulfonamides is 1. The molecule has 1 atom stereocenters. The largest absolute Gasteiger partial charge is 0.492 e. The van der Waals surface area contributed by atoms with Crippen molar-refractivity contribution in [1.82, 2.24) is 9.62 Å². The van der Waals surface area contributed by atoms with Gasteiger partial charge in [-0.2, -0.15) is 4.31 Å². The Kier molecular flexibility index (Phi) is 6.48. The van der Waals surface area contributed by atoms with E-state index in [0.29, 0.717) is 37.6 Å². The van der Waals surface area contributed by atoms with E-state index in [0.717, 1.165) is 0 Å². The molecule has 1 N–H and O–H groups in total. The summed E-state index contributed by atoms with van der Waals surface area (Å²) in [5.41, 5.74) is 0. The fraction of sp³-hybridized carbons (Fsp3) is 0.562. The van der Waals surface area contributed by atoms with Crippen LogP contribution < -0.4 is 10.1 Å². The van der Waals surface area contributed by atoms with Crippen LogP contribution in [0.4, 0.5) is 0 Å². The first kappa shape index (κ1) is 19.0. The monoisotopic (exact) mass is 374 g/mol. The van der Waals surface area contributed by atoms with Crippen molar-refractivity contribution in [2.24, 2.45) is 5.92 Å². The number of amides is 1. The quantitative estimate of drug-likeness (QED) is 0.828. The van der Waals surface area contributed by atoms with Crippen LogP contribution in [-0.4, -0.2) is 44.9 Å². The first-order chi connectivity index (χ1) is 11.4. The zero-order valence-corrected chi connectivity index (χ0v) is 15.5. The maximum absolute atomic E-state index is 13.0. The molecule has 24 heavy (non-hydrogen) atoms. The summed E-state index contributed by atoms with van der Waals surface area (Å²) in [7, 11) is -3.77. The summed E-state index contributed by atoms with van der Waals surface area (Å²) in [6.07, 6.45) is 1.33. The molecule has 0 spiro atoms. The van der Waals surface area contributed by atoms with Gasteiger partial charge in [0.2, 0.25) is 15.9 Å². The van der Waals surface area contributed by atoms with Gasteiger partial charge in [-0.25, -0.2) is 8.42 Å². The highest BCUT2D eigenvalue weighted by molar-refractivity contribution is 7.89. The average Bonchev–Trinajstić information content (AvgIpc) is 2.57. The molecule has 1 aromatic rings. The van der Waals surface area contributed by atoms with Crippen LogP contribution in [0.3, 0.4) is 0 Å². The summed E-state index contributed by atoms with van der Waals surface area (Å²) in [4.78, 5) is 12.1. The summed E-state index contributed by atoms with van der Waals surface area (Å²) in [6.45, 7) is 5.08. The van der Waals surface area contributed by atoms with Crippen molar-refractivity contribution >= 4 is 27.5 Å². The average molecular weight is 375 g/mol. The Balaban J connectivity index is 2.30. The molecule has 0 aliphatic carbocycles. The molecule has 0 radical (unpaired) electrons. The second-order valence-corrected chi connectivity index (χ2v) is 7.96. The van der Waals surface area contributed by atoms with Crippen LogP contribution in [0.15, 0.2) is 23.1 Å². The lowest BCUT2D eigenvalue weighted by Gasteiger charge is -2.31. The highest BCUT2D eigenvalue weighted by atomic mass is 35.5. The number of piperidine rings is 1. The summed E-state index contributed by atoms with van der Waals surface area (Å²) < 4.78 is 32.8. The molecule has 0 unspecified atom stereocenters. The second kappa shape index (κ2) is 8.18. The van der Waals surface area contributed by atoms with Crippen molar-refractivity contribution in [3.05, 3.63) is 23.2 Å². The van der Waals surface area contributed by atoms with E-state index < -0.39 is 10.0 Å². The molecule has 1 heterocycles. The minimum absolute atomic E-state index is 0.0494. The van der Waals surface area contributed by atoms with E-state index in [-0.39, 0.29) is 29.0 Å². The Morgan fingerprint density at radius 2 is 2.17 bits per heavy atom. The zero-order chi connectivity index (χ0) is 17.7. The van der Waals surface area contributed by atoms with E-state index >= 15 is 0 Å². The van der Waals surface area contributed by atoms with Crippen molar-refractivity contribution in [3.8, 4) is 5.75 Å². The van der Waals surface area contributed by atoms with Crippen LogP contribution in [0, 0.1) is 5.92 Å². The van der Waals surface area contributed by atoms with Gasteiger partial charge in [-0.15, -0.1) is 0 Å². The van der Waals surface area contributed by atoms with Gasteiger partial charge in [0.05, 0.1) is 12.5 Å². The summed E-state index contributed by atoms with van der Waals surface area (Å²) in [5, 5.41) is 3.09. The number of rotatable bonds is 6. The van der Waals surface area contributed by atoms with Gasteiger partial charge in [-0.05, 0) is 44.9 Å². The van der Waals surface area contributed by atoms with Crippen molar-refractivity contribution in [1.29, 1.82) is 0 Å². The molecule has 8 heteroatoms. The Bertz CT molecular complexity index is 693. The second-order valence-electron chi connectivity index (χ2n) is 5.62. The number of hydrogen-bond acceptors (Lipinski definition) is 4. The van der Waals surface area contributed by atoms with Gasteiger partial charge in [-0.1, -0.05) is 11.6 Å². The van der Waals surface area contributed by atoms with Crippen molar-refractivity contribution < 1.29 is 17.9 Å². The van der Waals surface area contributed by atoms with Crippen molar-refractivity contribution in [3.63, 3.8) is 0 Å². The van der Waals surface area contributed by atoms with E-state index in [2.05, 4.69) is 5.32 Å². The molecule has 0 saturated carbocycles. The molecule has 1 aromatic carbocycles. The number of benzene rings is 1. The summed E-state index contributed by atoms with van der Waals surface area (Å²) in [5.74, 6) is -0.154. The minimum Gasteiger partial charge on any atom is -0.492 e. The molecule has 0 aromatic heterocycles. The standard InChI is InChI=1S/C16H23ClN2O4S/c1-3-18-16(20)12-6-5-9-19(11-12)24(21,22)15-10-13(17)7-8-14(15)23-4-2/h7-8,10,12H,3-6,9,11H2,1-2H3,(H,18,20)/t12-/m0/s1. The third-order valence-electron chi connectivity index (χ3n) is 3.93. The molecule has 2 rings (SSSR count). The number of nitrogens with zero attached hydrogens (tertiary/aromatic N) is 1. The smallest absolute Gasteiger partial charge is 0.246 e. The number of halogens is 1. The first-order valence-electron chi connectivity index (χ1n) is 8.10. The Labute approximate surface area is 148 Å². The number of nitrogens with one attached hydrogen (secondary N) is 1. The number of carbonyl (C=O) groups excluding carboxylic acids is 1. The molecule has 6 nitrogen and oxygen atoms in total. The molecule has 1 saturated heterocycles. The Morgan fingerprint density at radius 1 is 1.42 bits per heavy atom. The molecule has 1 fully saturated rings. The third kappa shape index (κ3) is 4.20. The predicted octanol–water partition coefficient (Wildman–Crippen LogP) is 2.28. The lowest BCUT2D eigenvalue weighted by atomic mass is 9.99. The minimum atomic E-state index is -3.77. The lowest BCUT2D eigenvalue weighted by molar-refractivity contribution is -0.125. The predicted molar refractivity (Wildman–Crippen MR) is 92.8 cm³/mol. The number of carbonyl (C=O) groups is 1. The van der Waals surface area contributed by atoms with Crippen LogP contribution in [0.1, 0.15) is 26.7 Å². The van der Waals surface area contributed by atoms with Gasteiger partial charge in [0.25, 0.3) is 0 Å². The van der Waals surface area contributed by atoms with Crippen LogP contribution >= 0.6 is 11.6 Å². The van der Waals surface area contributed by atoms with E-state index in [1.807, 2.05) is 6.92 Å². The lowest BCUT2D eigenvalue weighted by Crippen LogP contribution is -2.45. The number of ether oxygens (including phenoxy) is 1. The van der Waals surface area contributed by atoms with E-state index in [1.165, 1.54) is 10.4 Å². The Morgan fingerprint density at radius 3 is 2.83 bits per heavy atom. The first-order valence-corrected chi connectivity index (χ1v) is 9.92. The molecular weight excluding hydrogens is 352 g/mol. The van der Waals surface area contributed by atoms with E-state index in [4.69, 9.17) is 16.3 Å². The van der Waals surface area contributed by atoms with Crippen LogP contribution in [0.25, 0.3) is 0 Å². The van der Waals surface area contributed by atoms with Crippen LogP contribution in [0.5, 0.6) is 5.75 Å². The van der Waals surface area contributed by atoms with Gasteiger partial charge in [0.15, 0.2) is 0 Å². The van der Waals surface area contributed by atoms with Crippen molar-refractivity contribution in [2.75, 3.05) is 26.2 Å². The highest BCUT2D eigenvalue weighted by Crippen LogP contribution is 2.32. The Hall–Kier alpha value is -1.31. The van der Waals surface area contributed by atoms with E-state index in [9.17, 15) is 13.2 Å². The van der Waals surface area contributed by atoms with Gasteiger partial charge in [0, 0.05) is 24.7 Å². The van der Waals surface area contributed by atoms with Gasteiger partial charge in [0.1, 0.15) is 10.6 Å². The molecule has 0 bridgehead atoms. The van der Waals surface area contributed by atoms with Crippen molar-refractivity contribution in [2.45, 2.75) is 31.6 Å². The SMILES string of the molecule is CCNC(=O)[C@H]1CCCN(S(=O)(=O)c2cc(Cl)ccc2OCC)C1. The summed E-state index contributed by atoms with van der Waals surface area (Å²) in [6, 6.07) is 4.56. The molecular formula is C16H23ClN2O4S. The third-order valence-corrected chi connectivity index (χ3v) is 6.05. The maximum atomic E-state index is 13.0. The number of hydrogen-bond donors (Lipinski definition) is 1. The maximum Gasteiger partial charge on any atom is 0.246 e. The highest BCUT2D eigenvalue weighted by Gasteiger charge is 2.34. The fourth-order valence-corrected chi connectivity index (χ4v) is 4.71. The van der Waals surface area contributed by atoms with E-state index in [1.54, 1.807) is 19.1 Å². The van der Waals surface area contributed by atoms with Gasteiger partial charge >= 0.3 is 0 Å². The molecule has 1 amide bonds. The summed E-state index contributed by atoms with van der Waals surface area (Å²) >= 11 is 5.98. The molecule has 1 aliphatic rings. The zero-order valence-electron chi connectivity index (χ0n) is 13.9. The normalized spacial score (nSPS) is 19.0. The molecule has 134 valence electrons.